The zero-order valence-corrected chi connectivity index (χ0v) is 7.31. The first-order valence-corrected chi connectivity index (χ1v) is 4.44. The van der Waals surface area contributed by atoms with Crippen LogP contribution in [0.3, 0.4) is 0 Å². The van der Waals surface area contributed by atoms with E-state index in [9.17, 15) is 0 Å². The van der Waals surface area contributed by atoms with Crippen LogP contribution in [0.2, 0.25) is 0 Å². The second kappa shape index (κ2) is 5.58. The van der Waals surface area contributed by atoms with E-state index in [1.807, 2.05) is 6.08 Å². The molecule has 0 aromatic heterocycles. The quantitative estimate of drug-likeness (QED) is 0.702. The molecule has 1 aliphatic heterocycles. The predicted octanol–water partition coefficient (Wildman–Crippen LogP) is 1.51. The Morgan fingerprint density at radius 3 is 3.18 bits per heavy atom. The lowest BCUT2D eigenvalue weighted by Gasteiger charge is -2.22. The van der Waals surface area contributed by atoms with Gasteiger partial charge in [0.15, 0.2) is 0 Å². The third kappa shape index (κ3) is 3.75. The Balaban J connectivity index is 2.04. The Morgan fingerprint density at radius 2 is 2.55 bits per heavy atom. The van der Waals surface area contributed by atoms with Crippen molar-refractivity contribution in [3.8, 4) is 0 Å². The van der Waals surface area contributed by atoms with Crippen LogP contribution in [-0.2, 0) is 4.74 Å². The first-order valence-electron chi connectivity index (χ1n) is 4.01. The number of halogens is 1. The van der Waals surface area contributed by atoms with E-state index in [-0.39, 0.29) is 0 Å². The summed E-state index contributed by atoms with van der Waals surface area (Å²) in [6, 6.07) is 0. The monoisotopic (exact) mass is 175 g/mol. The van der Waals surface area contributed by atoms with Crippen molar-refractivity contribution >= 4 is 11.6 Å². The second-order valence-electron chi connectivity index (χ2n) is 2.66. The molecule has 1 unspecified atom stereocenters. The Kier molecular flexibility index (Phi) is 4.59. The molecule has 1 rings (SSSR count). The lowest BCUT2D eigenvalue weighted by Crippen LogP contribution is -2.35. The zero-order valence-electron chi connectivity index (χ0n) is 6.55. The van der Waals surface area contributed by atoms with Gasteiger partial charge in [0.1, 0.15) is 0 Å². The molecule has 1 N–H and O–H groups in total. The van der Waals surface area contributed by atoms with E-state index >= 15 is 0 Å². The average molecular weight is 176 g/mol. The minimum Gasteiger partial charge on any atom is -0.373 e. The molecule has 1 atom stereocenters. The Bertz CT molecular complexity index is 121. The number of nitrogens with one attached hydrogen (secondary N) is 1. The highest BCUT2D eigenvalue weighted by molar-refractivity contribution is 6.25. The fourth-order valence-corrected chi connectivity index (χ4v) is 1.26. The number of piperidine rings is 1. The van der Waals surface area contributed by atoms with Crippen LogP contribution >= 0.6 is 11.6 Å². The third-order valence-electron chi connectivity index (χ3n) is 1.77. The Labute approximate surface area is 72.6 Å². The summed E-state index contributed by atoms with van der Waals surface area (Å²) >= 11 is 5.34. The Hall–Kier alpha value is -0.0500. The molecule has 0 aliphatic carbocycles. The molecule has 1 heterocycles. The van der Waals surface area contributed by atoms with Crippen molar-refractivity contribution < 1.29 is 4.74 Å². The highest BCUT2D eigenvalue weighted by Gasteiger charge is 2.11. The molecule has 0 aromatic carbocycles. The molecule has 0 spiro atoms. The van der Waals surface area contributed by atoms with Crippen LogP contribution in [0, 0.1) is 0 Å². The van der Waals surface area contributed by atoms with Gasteiger partial charge in [-0.1, -0.05) is 11.6 Å². The van der Waals surface area contributed by atoms with Crippen molar-refractivity contribution in [3.63, 3.8) is 0 Å². The molecule has 1 aliphatic rings. The highest BCUT2D eigenvalue weighted by Crippen LogP contribution is 2.05. The van der Waals surface area contributed by atoms with Crippen LogP contribution in [0.15, 0.2) is 11.6 Å². The van der Waals surface area contributed by atoms with E-state index in [4.69, 9.17) is 16.3 Å². The van der Waals surface area contributed by atoms with Crippen LogP contribution in [0.1, 0.15) is 12.8 Å². The lowest BCUT2D eigenvalue weighted by molar-refractivity contribution is 0.0559. The fourth-order valence-electron chi connectivity index (χ4n) is 1.19. The first kappa shape index (κ1) is 9.04. The van der Waals surface area contributed by atoms with Gasteiger partial charge >= 0.3 is 0 Å². The minimum absolute atomic E-state index is 0.386. The first-order chi connectivity index (χ1) is 5.43. The predicted molar refractivity (Wildman–Crippen MR) is 46.8 cm³/mol. The number of hydrogen-bond donors (Lipinski definition) is 1. The van der Waals surface area contributed by atoms with E-state index < -0.39 is 0 Å². The van der Waals surface area contributed by atoms with Gasteiger partial charge in [0, 0.05) is 12.1 Å². The Morgan fingerprint density at radius 1 is 1.64 bits per heavy atom. The third-order valence-corrected chi connectivity index (χ3v) is 1.95. The van der Waals surface area contributed by atoms with Crippen molar-refractivity contribution in [1.29, 1.82) is 0 Å². The van der Waals surface area contributed by atoms with Crippen LogP contribution in [-0.4, -0.2) is 25.8 Å². The van der Waals surface area contributed by atoms with Crippen LogP contribution in [0.5, 0.6) is 0 Å². The molecule has 0 amide bonds. The van der Waals surface area contributed by atoms with Crippen LogP contribution in [0.4, 0.5) is 0 Å². The SMILES string of the molecule is Cl/C=C/COC1CCCNC1. The average Bonchev–Trinajstić information content (AvgIpc) is 2.07. The van der Waals surface area contributed by atoms with Crippen molar-refractivity contribution in [1.82, 2.24) is 5.32 Å². The van der Waals surface area contributed by atoms with Gasteiger partial charge in [-0.15, -0.1) is 0 Å². The maximum Gasteiger partial charge on any atom is 0.0704 e. The molecule has 0 saturated carbocycles. The van der Waals surface area contributed by atoms with Gasteiger partial charge in [0.2, 0.25) is 0 Å². The number of hydrogen-bond acceptors (Lipinski definition) is 2. The summed E-state index contributed by atoms with van der Waals surface area (Å²) < 4.78 is 5.49. The molecule has 3 heteroatoms. The molecule has 64 valence electrons. The second-order valence-corrected chi connectivity index (χ2v) is 2.92. The van der Waals surface area contributed by atoms with Gasteiger partial charge in [0.25, 0.3) is 0 Å². The smallest absolute Gasteiger partial charge is 0.0704 e. The summed E-state index contributed by atoms with van der Waals surface area (Å²) in [4.78, 5) is 0. The molecule has 0 aromatic rings. The van der Waals surface area contributed by atoms with E-state index in [2.05, 4.69) is 5.32 Å². The number of rotatable bonds is 3. The standard InChI is InChI=1S/C8H14ClNO/c9-4-2-6-11-8-3-1-5-10-7-8/h2,4,8,10H,1,3,5-7H2/b4-2+. The van der Waals surface area contributed by atoms with Gasteiger partial charge in [-0.3, -0.25) is 0 Å². The zero-order chi connectivity index (χ0) is 7.94. The maximum atomic E-state index is 5.49. The summed E-state index contributed by atoms with van der Waals surface area (Å²) in [7, 11) is 0. The topological polar surface area (TPSA) is 21.3 Å². The summed E-state index contributed by atoms with van der Waals surface area (Å²) in [5.41, 5.74) is 1.50. The fraction of sp³-hybridized carbons (Fsp3) is 0.750. The molecule has 2 nitrogen and oxygen atoms in total. The molecular formula is C8H14ClNO. The summed E-state index contributed by atoms with van der Waals surface area (Å²) in [6.07, 6.45) is 4.59. The lowest BCUT2D eigenvalue weighted by atomic mass is 10.1. The van der Waals surface area contributed by atoms with Crippen LogP contribution < -0.4 is 5.32 Å². The summed E-state index contributed by atoms with van der Waals surface area (Å²) in [6.45, 7) is 2.75. The van der Waals surface area contributed by atoms with Crippen molar-refractivity contribution in [2.24, 2.45) is 0 Å². The largest absolute Gasteiger partial charge is 0.373 e. The van der Waals surface area contributed by atoms with E-state index in [1.54, 1.807) is 0 Å². The highest BCUT2D eigenvalue weighted by atomic mass is 35.5. The molecule has 0 radical (unpaired) electrons. The van der Waals surface area contributed by atoms with Crippen molar-refractivity contribution in [2.75, 3.05) is 19.7 Å². The molecule has 0 bridgehead atoms. The summed E-state index contributed by atoms with van der Waals surface area (Å²) in [5, 5.41) is 3.28. The van der Waals surface area contributed by atoms with Crippen LogP contribution in [0.25, 0.3) is 0 Å². The molecule has 1 saturated heterocycles. The number of ether oxygens (including phenoxy) is 1. The van der Waals surface area contributed by atoms with E-state index in [0.29, 0.717) is 12.7 Å². The van der Waals surface area contributed by atoms with Gasteiger partial charge in [-0.25, -0.2) is 0 Å². The summed E-state index contributed by atoms with van der Waals surface area (Å²) in [5.74, 6) is 0. The maximum absolute atomic E-state index is 5.49. The molecule has 11 heavy (non-hydrogen) atoms. The minimum atomic E-state index is 0.386. The van der Waals surface area contributed by atoms with E-state index in [0.717, 1.165) is 13.1 Å². The van der Waals surface area contributed by atoms with Crippen molar-refractivity contribution in [3.05, 3.63) is 11.6 Å². The van der Waals surface area contributed by atoms with Gasteiger partial charge in [-0.2, -0.15) is 0 Å². The molecule has 1 fully saturated rings. The van der Waals surface area contributed by atoms with E-state index in [1.165, 1.54) is 18.4 Å². The van der Waals surface area contributed by atoms with Gasteiger partial charge < -0.3 is 10.1 Å². The van der Waals surface area contributed by atoms with Gasteiger partial charge in [-0.05, 0) is 25.5 Å². The normalized spacial score (nSPS) is 26.1. The van der Waals surface area contributed by atoms with Crippen molar-refractivity contribution in [2.45, 2.75) is 18.9 Å². The molecular weight excluding hydrogens is 162 g/mol. The van der Waals surface area contributed by atoms with Gasteiger partial charge in [0.05, 0.1) is 12.7 Å².